The van der Waals surface area contributed by atoms with E-state index < -0.39 is 0 Å². The zero-order valence-corrected chi connectivity index (χ0v) is 6.38. The molecule has 1 aromatic rings. The number of nitrogens with two attached hydrogens (primary N) is 1. The van der Waals surface area contributed by atoms with E-state index in [0.717, 1.165) is 0 Å². The normalized spacial score (nSPS) is 11.9. The number of aliphatic hydroxyl groups excluding tert-OH is 1. The zero-order chi connectivity index (χ0) is 8.97. The maximum atomic E-state index is 9.12. The van der Waals surface area contributed by atoms with Crippen molar-refractivity contribution in [1.29, 1.82) is 0 Å². The predicted molar refractivity (Wildman–Crippen MR) is 41.3 cm³/mol. The van der Waals surface area contributed by atoms with Crippen molar-refractivity contribution in [1.82, 2.24) is 9.71 Å². The second kappa shape index (κ2) is 3.72. The maximum absolute atomic E-state index is 9.12. The number of aromatic nitrogens is 2. The van der Waals surface area contributed by atoms with Gasteiger partial charge >= 0.3 is 0 Å². The van der Waals surface area contributed by atoms with Gasteiger partial charge in [-0.25, -0.2) is 9.98 Å². The molecule has 0 unspecified atom stereocenters. The molecule has 0 saturated heterocycles. The number of aliphatic hydroxyl groups is 1. The lowest BCUT2D eigenvalue weighted by Gasteiger charge is -1.97. The molecule has 0 aromatic carbocycles. The van der Waals surface area contributed by atoms with Crippen LogP contribution in [0.2, 0.25) is 0 Å². The highest BCUT2D eigenvalue weighted by Crippen LogP contribution is 1.89. The Morgan fingerprint density at radius 1 is 1.67 bits per heavy atom. The summed E-state index contributed by atoms with van der Waals surface area (Å²) < 4.78 is 0.713. The fourth-order valence-corrected chi connectivity index (χ4v) is 0.687. The number of nitrogens with zero attached hydrogens (tertiary/aromatic N) is 3. The minimum absolute atomic E-state index is 0.0773. The average molecular weight is 170 g/mol. The Morgan fingerprint density at radius 3 is 3.00 bits per heavy atom. The van der Waals surface area contributed by atoms with Gasteiger partial charge in [-0.05, 0) is 0 Å². The molecule has 0 aliphatic heterocycles. The van der Waals surface area contributed by atoms with Gasteiger partial charge in [0.1, 0.15) is 0 Å². The first-order valence-electron chi connectivity index (χ1n) is 3.39. The van der Waals surface area contributed by atoms with E-state index >= 15 is 0 Å². The van der Waals surface area contributed by atoms with Crippen LogP contribution in [0.25, 0.3) is 0 Å². The summed E-state index contributed by atoms with van der Waals surface area (Å²) in [6.45, 7) is 0.129. The van der Waals surface area contributed by atoms with Crippen molar-refractivity contribution >= 4 is 5.69 Å². The lowest BCUT2D eigenvalue weighted by molar-refractivity contribution is 0.166. The van der Waals surface area contributed by atoms with Crippen molar-refractivity contribution in [3.63, 3.8) is 0 Å². The molecule has 4 N–H and O–H groups in total. The summed E-state index contributed by atoms with van der Waals surface area (Å²) in [5, 5.41) is 17.6. The van der Waals surface area contributed by atoms with Crippen LogP contribution < -0.4 is 11.4 Å². The van der Waals surface area contributed by atoms with Crippen molar-refractivity contribution < 1.29 is 10.3 Å². The van der Waals surface area contributed by atoms with Crippen LogP contribution in [0, 0.1) is 0 Å². The topological polar surface area (TPSA) is 96.7 Å². The average Bonchev–Trinajstić information content (AvgIpc) is 2.03. The summed E-state index contributed by atoms with van der Waals surface area (Å²) in [5.74, 6) is 0. The van der Waals surface area contributed by atoms with Gasteiger partial charge in [-0.15, -0.1) is 0 Å². The van der Waals surface area contributed by atoms with E-state index in [1.807, 2.05) is 0 Å². The molecule has 1 heterocycles. The Hall–Kier alpha value is -1.56. The third-order valence-electron chi connectivity index (χ3n) is 1.16. The quantitative estimate of drug-likeness (QED) is 0.475. The summed E-state index contributed by atoms with van der Waals surface area (Å²) in [5.41, 5.74) is 5.79. The Labute approximate surface area is 68.6 Å². The summed E-state index contributed by atoms with van der Waals surface area (Å²) in [7, 11) is 0. The van der Waals surface area contributed by atoms with Gasteiger partial charge in [-0.3, -0.25) is 0 Å². The molecule has 66 valence electrons. The smallest absolute Gasteiger partial charge is 0.258 e. The van der Waals surface area contributed by atoms with Crippen molar-refractivity contribution in [3.05, 3.63) is 18.0 Å². The minimum atomic E-state index is -0.0773. The Morgan fingerprint density at radius 2 is 2.42 bits per heavy atom. The minimum Gasteiger partial charge on any atom is -0.425 e. The summed E-state index contributed by atoms with van der Waals surface area (Å²) in [4.78, 5) is 7.49. The molecule has 1 aromatic heterocycles. The molecule has 6 nitrogen and oxygen atoms in total. The van der Waals surface area contributed by atoms with Gasteiger partial charge in [-0.2, -0.15) is 4.73 Å². The Kier molecular flexibility index (Phi) is 2.65. The predicted octanol–water partition coefficient (Wildman–Crippen LogP) is -1.40. The molecular weight excluding hydrogens is 160 g/mol. The molecule has 0 bridgehead atoms. The standard InChI is InChI=1S/C6H10N4O2/c7-5-3-9-6(8-1-2-11)10(12)4-5/h3-4,11-12H,1-2,7H2. The fourth-order valence-electron chi connectivity index (χ4n) is 0.687. The number of rotatable bonds is 2. The van der Waals surface area contributed by atoms with Crippen molar-refractivity contribution in [2.75, 3.05) is 18.9 Å². The number of nitrogen functional groups attached to an aromatic ring is 1. The molecular formula is C6H10N4O2. The fraction of sp³-hybridized carbons (Fsp3) is 0.333. The van der Waals surface area contributed by atoms with E-state index in [9.17, 15) is 0 Å². The van der Waals surface area contributed by atoms with Gasteiger partial charge < -0.3 is 16.0 Å². The van der Waals surface area contributed by atoms with Crippen molar-refractivity contribution in [2.24, 2.45) is 4.99 Å². The van der Waals surface area contributed by atoms with E-state index in [4.69, 9.17) is 16.0 Å². The van der Waals surface area contributed by atoms with E-state index in [2.05, 4.69) is 9.98 Å². The van der Waals surface area contributed by atoms with Gasteiger partial charge in [0.15, 0.2) is 0 Å². The third-order valence-corrected chi connectivity index (χ3v) is 1.16. The zero-order valence-electron chi connectivity index (χ0n) is 6.38. The first kappa shape index (κ1) is 8.54. The van der Waals surface area contributed by atoms with Crippen LogP contribution >= 0.6 is 0 Å². The second-order valence-electron chi connectivity index (χ2n) is 2.14. The third kappa shape index (κ3) is 1.96. The Bertz CT molecular complexity index is 320. The van der Waals surface area contributed by atoms with Crippen LogP contribution in [0.4, 0.5) is 5.69 Å². The highest BCUT2D eigenvalue weighted by atomic mass is 16.5. The largest absolute Gasteiger partial charge is 0.425 e. The highest BCUT2D eigenvalue weighted by molar-refractivity contribution is 5.29. The van der Waals surface area contributed by atoms with Crippen LogP contribution in [0.15, 0.2) is 17.4 Å². The van der Waals surface area contributed by atoms with Crippen LogP contribution in [0.1, 0.15) is 0 Å². The van der Waals surface area contributed by atoms with Gasteiger partial charge in [0.25, 0.3) is 5.62 Å². The molecule has 0 saturated carbocycles. The summed E-state index contributed by atoms with van der Waals surface area (Å²) >= 11 is 0. The first-order valence-corrected chi connectivity index (χ1v) is 3.39. The lowest BCUT2D eigenvalue weighted by atomic mass is 10.6. The van der Waals surface area contributed by atoms with Crippen molar-refractivity contribution in [3.8, 4) is 0 Å². The number of hydrogen-bond donors (Lipinski definition) is 3. The van der Waals surface area contributed by atoms with Crippen LogP contribution in [0.5, 0.6) is 0 Å². The molecule has 0 radical (unpaired) electrons. The van der Waals surface area contributed by atoms with Gasteiger partial charge in [0.05, 0.1) is 31.2 Å². The molecule has 0 amide bonds. The summed E-state index contributed by atoms with van der Waals surface area (Å²) in [6, 6.07) is 0. The summed E-state index contributed by atoms with van der Waals surface area (Å²) in [6.07, 6.45) is 2.66. The van der Waals surface area contributed by atoms with E-state index in [1.54, 1.807) is 0 Å². The molecule has 1 rings (SSSR count). The van der Waals surface area contributed by atoms with Crippen LogP contribution in [-0.4, -0.2) is 33.2 Å². The number of hydrogen-bond acceptors (Lipinski definition) is 5. The molecule has 0 fully saturated rings. The van der Waals surface area contributed by atoms with E-state index in [0.29, 0.717) is 10.4 Å². The molecule has 0 atom stereocenters. The van der Waals surface area contributed by atoms with Crippen LogP contribution in [0.3, 0.4) is 0 Å². The van der Waals surface area contributed by atoms with Crippen LogP contribution in [-0.2, 0) is 0 Å². The first-order chi connectivity index (χ1) is 5.74. The van der Waals surface area contributed by atoms with Gasteiger partial charge in [-0.1, -0.05) is 0 Å². The second-order valence-corrected chi connectivity index (χ2v) is 2.14. The van der Waals surface area contributed by atoms with E-state index in [1.165, 1.54) is 12.4 Å². The number of anilines is 1. The molecule has 0 spiro atoms. The van der Waals surface area contributed by atoms with Gasteiger partial charge in [0.2, 0.25) is 0 Å². The molecule has 12 heavy (non-hydrogen) atoms. The maximum Gasteiger partial charge on any atom is 0.258 e. The molecule has 0 aliphatic carbocycles. The SMILES string of the molecule is Nc1cnc(=NCCO)n(O)c1. The monoisotopic (exact) mass is 170 g/mol. The highest BCUT2D eigenvalue weighted by Gasteiger charge is 1.91. The van der Waals surface area contributed by atoms with E-state index in [-0.39, 0.29) is 18.8 Å². The Balaban J connectivity index is 3.01. The molecule has 0 aliphatic rings. The van der Waals surface area contributed by atoms with Gasteiger partial charge in [0, 0.05) is 0 Å². The molecule has 6 heteroatoms. The lowest BCUT2D eigenvalue weighted by Crippen LogP contribution is -2.23. The van der Waals surface area contributed by atoms with Crippen molar-refractivity contribution in [2.45, 2.75) is 0 Å².